The lowest BCUT2D eigenvalue weighted by Gasteiger charge is -2.29. The van der Waals surface area contributed by atoms with Crippen molar-refractivity contribution in [1.29, 1.82) is 0 Å². The van der Waals surface area contributed by atoms with Crippen molar-refractivity contribution in [1.82, 2.24) is 9.29 Å². The van der Waals surface area contributed by atoms with Crippen LogP contribution in [-0.4, -0.2) is 36.7 Å². The van der Waals surface area contributed by atoms with Crippen LogP contribution in [0.1, 0.15) is 29.5 Å². The molecule has 1 fully saturated rings. The molecule has 4 rings (SSSR count). The van der Waals surface area contributed by atoms with Crippen LogP contribution in [-0.2, 0) is 14.8 Å². The number of hydrogen-bond donors (Lipinski definition) is 1. The van der Waals surface area contributed by atoms with E-state index in [9.17, 15) is 13.2 Å². The first-order chi connectivity index (χ1) is 15.8. The molecular weight excluding hydrogens is 454 g/mol. The number of nitrogens with zero attached hydrogens (tertiary/aromatic N) is 2. The smallest absolute Gasteiger partial charge is 0.236 e. The van der Waals surface area contributed by atoms with Crippen LogP contribution < -0.4 is 5.32 Å². The Kier molecular flexibility index (Phi) is 7.07. The third-order valence-electron chi connectivity index (χ3n) is 5.81. The Morgan fingerprint density at radius 2 is 1.85 bits per heavy atom. The summed E-state index contributed by atoms with van der Waals surface area (Å²) in [4.78, 5) is 17.3. The Balaban J connectivity index is 1.33. The molecular formula is C25H27N3O3S2. The number of anilines is 1. The van der Waals surface area contributed by atoms with Gasteiger partial charge >= 0.3 is 0 Å². The van der Waals surface area contributed by atoms with Crippen LogP contribution >= 0.6 is 11.3 Å². The number of sulfonamides is 1. The molecule has 8 heteroatoms. The van der Waals surface area contributed by atoms with E-state index in [-0.39, 0.29) is 11.8 Å². The molecule has 0 atom stereocenters. The van der Waals surface area contributed by atoms with E-state index in [1.807, 2.05) is 41.8 Å². The van der Waals surface area contributed by atoms with Crippen LogP contribution in [0, 0.1) is 19.8 Å². The highest BCUT2D eigenvalue weighted by molar-refractivity contribution is 7.92. The number of piperidine rings is 1. The average Bonchev–Trinajstić information content (AvgIpc) is 3.26. The number of nitrogens with one attached hydrogen (secondary N) is 1. The first-order valence-corrected chi connectivity index (χ1v) is 13.3. The lowest BCUT2D eigenvalue weighted by molar-refractivity contribution is -0.120. The summed E-state index contributed by atoms with van der Waals surface area (Å²) in [5, 5.41) is 6.67. The number of benzene rings is 2. The number of carbonyl (C=O) groups excluding carboxylic acids is 1. The van der Waals surface area contributed by atoms with Crippen LogP contribution in [0.3, 0.4) is 0 Å². The monoisotopic (exact) mass is 481 g/mol. The van der Waals surface area contributed by atoms with Gasteiger partial charge in [-0.3, -0.25) is 4.79 Å². The predicted molar refractivity (Wildman–Crippen MR) is 134 cm³/mol. The number of rotatable bonds is 6. The second kappa shape index (κ2) is 9.99. The van der Waals surface area contributed by atoms with Crippen LogP contribution in [0.2, 0.25) is 0 Å². The van der Waals surface area contributed by atoms with Gasteiger partial charge in [-0.1, -0.05) is 54.1 Å². The van der Waals surface area contributed by atoms with Gasteiger partial charge in [0.15, 0.2) is 5.13 Å². The average molecular weight is 482 g/mol. The van der Waals surface area contributed by atoms with E-state index < -0.39 is 10.0 Å². The molecule has 0 bridgehead atoms. The molecule has 33 heavy (non-hydrogen) atoms. The van der Waals surface area contributed by atoms with Crippen LogP contribution in [0.4, 0.5) is 5.13 Å². The standard InChI is InChI=1S/C25H27N3O3S2/c1-18-8-9-22(19(2)16-18)23-17-32-25(26-23)27-24(29)21-10-13-28(14-11-21)33(30,31)15-12-20-6-4-3-5-7-20/h3-9,12,15-17,21H,10-11,13-14H2,1-2H3,(H,26,27,29). The second-order valence-corrected chi connectivity index (χ2v) is 11.0. The minimum absolute atomic E-state index is 0.103. The van der Waals surface area contributed by atoms with Gasteiger partial charge in [0.25, 0.3) is 0 Å². The summed E-state index contributed by atoms with van der Waals surface area (Å²) >= 11 is 1.40. The summed E-state index contributed by atoms with van der Waals surface area (Å²) in [6, 6.07) is 15.5. The largest absolute Gasteiger partial charge is 0.302 e. The van der Waals surface area contributed by atoms with Crippen molar-refractivity contribution in [2.45, 2.75) is 26.7 Å². The van der Waals surface area contributed by atoms with E-state index >= 15 is 0 Å². The molecule has 0 saturated carbocycles. The summed E-state index contributed by atoms with van der Waals surface area (Å²) in [6.07, 6.45) is 2.57. The molecule has 0 radical (unpaired) electrons. The Bertz CT molecular complexity index is 1260. The van der Waals surface area contributed by atoms with Gasteiger partial charge in [0.05, 0.1) is 5.69 Å². The van der Waals surface area contributed by atoms with Crippen molar-refractivity contribution in [3.8, 4) is 11.3 Å². The molecule has 6 nitrogen and oxygen atoms in total. The van der Waals surface area contributed by atoms with Gasteiger partial charge < -0.3 is 5.32 Å². The highest BCUT2D eigenvalue weighted by Crippen LogP contribution is 2.29. The van der Waals surface area contributed by atoms with Gasteiger partial charge in [-0.2, -0.15) is 4.31 Å². The molecule has 1 N–H and O–H groups in total. The first kappa shape index (κ1) is 23.4. The number of thiazole rings is 1. The molecule has 3 aromatic rings. The number of aryl methyl sites for hydroxylation is 2. The molecule has 0 aliphatic carbocycles. The molecule has 2 aromatic carbocycles. The molecule has 1 aromatic heterocycles. The van der Waals surface area contributed by atoms with Crippen LogP contribution in [0.5, 0.6) is 0 Å². The molecule has 1 amide bonds. The SMILES string of the molecule is Cc1ccc(-c2csc(NC(=O)C3CCN(S(=O)(=O)C=Cc4ccccc4)CC3)n2)c(C)c1. The van der Waals surface area contributed by atoms with Crippen molar-refractivity contribution in [3.05, 3.63) is 76.0 Å². The van der Waals surface area contributed by atoms with Crippen LogP contribution in [0.25, 0.3) is 17.3 Å². The van der Waals surface area contributed by atoms with Crippen molar-refractivity contribution in [2.75, 3.05) is 18.4 Å². The maximum absolute atomic E-state index is 12.8. The van der Waals surface area contributed by atoms with Crippen LogP contribution in [0.15, 0.2) is 59.3 Å². The van der Waals surface area contributed by atoms with Gasteiger partial charge in [0.1, 0.15) is 0 Å². The predicted octanol–water partition coefficient (Wildman–Crippen LogP) is 5.08. The minimum atomic E-state index is -3.51. The highest BCUT2D eigenvalue weighted by Gasteiger charge is 2.30. The second-order valence-electron chi connectivity index (χ2n) is 8.28. The zero-order valence-electron chi connectivity index (χ0n) is 18.7. The summed E-state index contributed by atoms with van der Waals surface area (Å²) < 4.78 is 26.7. The summed E-state index contributed by atoms with van der Waals surface area (Å²) in [5.41, 5.74) is 5.08. The first-order valence-electron chi connectivity index (χ1n) is 10.9. The molecule has 0 spiro atoms. The topological polar surface area (TPSA) is 79.4 Å². The zero-order chi connectivity index (χ0) is 23.4. The fourth-order valence-electron chi connectivity index (χ4n) is 3.95. The Labute approximate surface area is 199 Å². The van der Waals surface area contributed by atoms with E-state index in [2.05, 4.69) is 36.3 Å². The van der Waals surface area contributed by atoms with E-state index in [4.69, 9.17) is 0 Å². The maximum atomic E-state index is 12.8. The van der Waals surface area contributed by atoms with E-state index in [0.717, 1.165) is 22.4 Å². The van der Waals surface area contributed by atoms with Gasteiger partial charge in [0.2, 0.25) is 15.9 Å². The highest BCUT2D eigenvalue weighted by atomic mass is 32.2. The van der Waals surface area contributed by atoms with Crippen molar-refractivity contribution in [3.63, 3.8) is 0 Å². The fraction of sp³-hybridized carbons (Fsp3) is 0.280. The molecule has 1 aliphatic rings. The third kappa shape index (κ3) is 5.76. The van der Waals surface area contributed by atoms with Gasteiger partial charge in [-0.25, -0.2) is 13.4 Å². The number of aromatic nitrogens is 1. The fourth-order valence-corrected chi connectivity index (χ4v) is 5.89. The molecule has 2 heterocycles. The zero-order valence-corrected chi connectivity index (χ0v) is 20.3. The Morgan fingerprint density at radius 1 is 1.12 bits per heavy atom. The molecule has 0 unspecified atom stereocenters. The molecule has 1 aliphatic heterocycles. The third-order valence-corrected chi connectivity index (χ3v) is 8.13. The van der Waals surface area contributed by atoms with E-state index in [1.54, 1.807) is 6.08 Å². The summed E-state index contributed by atoms with van der Waals surface area (Å²) in [5.74, 6) is -0.337. The Morgan fingerprint density at radius 3 is 2.55 bits per heavy atom. The normalized spacial score (nSPS) is 15.7. The maximum Gasteiger partial charge on any atom is 0.236 e. The molecule has 172 valence electrons. The minimum Gasteiger partial charge on any atom is -0.302 e. The number of amides is 1. The molecule has 1 saturated heterocycles. The summed E-state index contributed by atoms with van der Waals surface area (Å²) in [7, 11) is -3.51. The lowest BCUT2D eigenvalue weighted by Crippen LogP contribution is -2.40. The number of carbonyl (C=O) groups is 1. The lowest BCUT2D eigenvalue weighted by atomic mass is 9.97. The quantitative estimate of drug-likeness (QED) is 0.533. The van der Waals surface area contributed by atoms with Gasteiger partial charge in [-0.15, -0.1) is 11.3 Å². The van der Waals surface area contributed by atoms with Crippen molar-refractivity contribution < 1.29 is 13.2 Å². The van der Waals surface area contributed by atoms with E-state index in [1.165, 1.54) is 26.6 Å². The number of hydrogen-bond acceptors (Lipinski definition) is 5. The Hall–Kier alpha value is -2.81. The van der Waals surface area contributed by atoms with Crippen molar-refractivity contribution in [2.24, 2.45) is 5.92 Å². The van der Waals surface area contributed by atoms with Crippen molar-refractivity contribution >= 4 is 38.5 Å². The summed E-state index contributed by atoms with van der Waals surface area (Å²) in [6.45, 7) is 4.76. The van der Waals surface area contributed by atoms with Gasteiger partial charge in [0, 0.05) is 35.4 Å². The van der Waals surface area contributed by atoms with E-state index in [0.29, 0.717) is 31.1 Å². The van der Waals surface area contributed by atoms with Gasteiger partial charge in [-0.05, 0) is 43.9 Å².